The molecule has 0 bridgehead atoms. The van der Waals surface area contributed by atoms with Crippen LogP contribution in [0.2, 0.25) is 0 Å². The SMILES string of the molecule is CC(C)CCSC1=NC2C(C(=O)NC(=O)N2C)N1CCC(C)C. The summed E-state index contributed by atoms with van der Waals surface area (Å²) >= 11 is 1.70. The molecule has 3 amide bonds. The van der Waals surface area contributed by atoms with E-state index in [1.165, 1.54) is 4.90 Å². The van der Waals surface area contributed by atoms with E-state index in [1.54, 1.807) is 18.8 Å². The number of likely N-dealkylation sites (N-methyl/N-ethyl adjacent to an activating group) is 1. The highest BCUT2D eigenvalue weighted by Gasteiger charge is 2.48. The summed E-state index contributed by atoms with van der Waals surface area (Å²) in [4.78, 5) is 32.5. The summed E-state index contributed by atoms with van der Waals surface area (Å²) in [6.07, 6.45) is 1.71. The smallest absolute Gasteiger partial charge is 0.325 e. The Morgan fingerprint density at radius 1 is 1.17 bits per heavy atom. The van der Waals surface area contributed by atoms with E-state index >= 15 is 0 Å². The molecule has 23 heavy (non-hydrogen) atoms. The standard InChI is InChI=1S/C16H28N4O2S/c1-10(2)6-8-20-12-13(19(5)15(22)18-14(12)21)17-16(20)23-9-7-11(3)4/h10-13H,6-9H2,1-5H3,(H,18,21,22). The Kier molecular flexibility index (Phi) is 5.95. The van der Waals surface area contributed by atoms with Crippen LogP contribution in [0, 0.1) is 11.8 Å². The number of hydrogen-bond donors (Lipinski definition) is 1. The lowest BCUT2D eigenvalue weighted by Gasteiger charge is -2.36. The van der Waals surface area contributed by atoms with Crippen molar-refractivity contribution in [3.63, 3.8) is 0 Å². The number of fused-ring (bicyclic) bond motifs is 1. The van der Waals surface area contributed by atoms with Crippen molar-refractivity contribution >= 4 is 28.9 Å². The van der Waals surface area contributed by atoms with Crippen LogP contribution in [0.25, 0.3) is 0 Å². The molecule has 0 spiro atoms. The van der Waals surface area contributed by atoms with Crippen molar-refractivity contribution in [1.29, 1.82) is 0 Å². The molecule has 2 aliphatic rings. The van der Waals surface area contributed by atoms with Gasteiger partial charge in [0.05, 0.1) is 0 Å². The monoisotopic (exact) mass is 340 g/mol. The van der Waals surface area contributed by atoms with Crippen molar-refractivity contribution in [3.05, 3.63) is 0 Å². The van der Waals surface area contributed by atoms with Crippen LogP contribution in [-0.4, -0.2) is 58.5 Å². The third-order valence-electron chi connectivity index (χ3n) is 4.20. The van der Waals surface area contributed by atoms with Crippen LogP contribution in [-0.2, 0) is 4.79 Å². The Morgan fingerprint density at radius 2 is 1.83 bits per heavy atom. The Labute approximate surface area is 143 Å². The van der Waals surface area contributed by atoms with Gasteiger partial charge in [-0.1, -0.05) is 39.5 Å². The first-order valence-electron chi connectivity index (χ1n) is 8.36. The van der Waals surface area contributed by atoms with E-state index in [0.717, 1.165) is 30.3 Å². The number of thioether (sulfide) groups is 1. The number of amidine groups is 1. The minimum atomic E-state index is -0.398. The van der Waals surface area contributed by atoms with Crippen molar-refractivity contribution in [2.45, 2.75) is 52.7 Å². The molecular formula is C16H28N4O2S. The zero-order valence-corrected chi connectivity index (χ0v) is 15.5. The average Bonchev–Trinajstić information content (AvgIpc) is 2.81. The summed E-state index contributed by atoms with van der Waals surface area (Å²) in [5.41, 5.74) is 0. The highest BCUT2D eigenvalue weighted by atomic mass is 32.2. The molecule has 1 fully saturated rings. The molecule has 2 aliphatic heterocycles. The number of carbonyl (C=O) groups excluding carboxylic acids is 2. The van der Waals surface area contributed by atoms with E-state index in [1.807, 2.05) is 0 Å². The second-order valence-electron chi connectivity index (χ2n) is 7.08. The molecule has 130 valence electrons. The minimum Gasteiger partial charge on any atom is -0.336 e. The molecule has 0 aromatic rings. The molecule has 7 heteroatoms. The van der Waals surface area contributed by atoms with E-state index in [9.17, 15) is 9.59 Å². The summed E-state index contributed by atoms with van der Waals surface area (Å²) in [7, 11) is 1.70. The van der Waals surface area contributed by atoms with Crippen molar-refractivity contribution in [2.75, 3.05) is 19.3 Å². The number of nitrogens with one attached hydrogen (secondary N) is 1. The van der Waals surface area contributed by atoms with Gasteiger partial charge < -0.3 is 9.80 Å². The maximum absolute atomic E-state index is 12.3. The van der Waals surface area contributed by atoms with Gasteiger partial charge >= 0.3 is 6.03 Å². The van der Waals surface area contributed by atoms with Gasteiger partial charge in [-0.25, -0.2) is 9.79 Å². The summed E-state index contributed by atoms with van der Waals surface area (Å²) in [6.45, 7) is 9.54. The van der Waals surface area contributed by atoms with Gasteiger partial charge in [0, 0.05) is 19.3 Å². The van der Waals surface area contributed by atoms with Gasteiger partial charge in [-0.05, 0) is 24.7 Å². The average molecular weight is 340 g/mol. The fourth-order valence-electron chi connectivity index (χ4n) is 2.64. The maximum atomic E-state index is 12.3. The first kappa shape index (κ1) is 18.1. The van der Waals surface area contributed by atoms with Gasteiger partial charge in [-0.3, -0.25) is 10.1 Å². The van der Waals surface area contributed by atoms with E-state index in [2.05, 4.69) is 37.9 Å². The van der Waals surface area contributed by atoms with Gasteiger partial charge in [0.2, 0.25) is 0 Å². The van der Waals surface area contributed by atoms with Crippen LogP contribution < -0.4 is 5.32 Å². The minimum absolute atomic E-state index is 0.231. The number of imide groups is 1. The van der Waals surface area contributed by atoms with E-state index in [-0.39, 0.29) is 11.9 Å². The topological polar surface area (TPSA) is 65.0 Å². The Hall–Kier alpha value is -1.24. The fourth-order valence-corrected chi connectivity index (χ4v) is 3.96. The summed E-state index contributed by atoms with van der Waals surface area (Å²) in [5, 5.41) is 3.34. The predicted molar refractivity (Wildman–Crippen MR) is 94.4 cm³/mol. The third-order valence-corrected chi connectivity index (χ3v) is 5.23. The number of rotatable bonds is 6. The van der Waals surface area contributed by atoms with Crippen LogP contribution in [0.1, 0.15) is 40.5 Å². The third kappa shape index (κ3) is 4.19. The molecule has 2 atom stereocenters. The van der Waals surface area contributed by atoms with Gasteiger partial charge in [0.25, 0.3) is 5.91 Å². The van der Waals surface area contributed by atoms with E-state index < -0.39 is 12.2 Å². The van der Waals surface area contributed by atoms with E-state index in [4.69, 9.17) is 4.99 Å². The summed E-state index contributed by atoms with van der Waals surface area (Å²) < 4.78 is 0. The fraction of sp³-hybridized carbons (Fsp3) is 0.812. The molecule has 1 N–H and O–H groups in total. The molecule has 6 nitrogen and oxygen atoms in total. The number of hydrogen-bond acceptors (Lipinski definition) is 5. The lowest BCUT2D eigenvalue weighted by Crippen LogP contribution is -2.63. The number of aliphatic imine (C=N–C) groups is 1. The predicted octanol–water partition coefficient (Wildman–Crippen LogP) is 2.36. The summed E-state index contributed by atoms with van der Waals surface area (Å²) in [5.74, 6) is 1.95. The number of amides is 3. The molecular weight excluding hydrogens is 312 g/mol. The first-order chi connectivity index (χ1) is 10.8. The van der Waals surface area contributed by atoms with Crippen molar-refractivity contribution in [3.8, 4) is 0 Å². The largest absolute Gasteiger partial charge is 0.336 e. The van der Waals surface area contributed by atoms with Crippen LogP contribution >= 0.6 is 11.8 Å². The van der Waals surface area contributed by atoms with Crippen molar-refractivity contribution in [2.24, 2.45) is 16.8 Å². The highest BCUT2D eigenvalue weighted by molar-refractivity contribution is 8.13. The van der Waals surface area contributed by atoms with Crippen LogP contribution in [0.5, 0.6) is 0 Å². The Morgan fingerprint density at radius 3 is 2.43 bits per heavy atom. The maximum Gasteiger partial charge on any atom is 0.325 e. The molecule has 2 unspecified atom stereocenters. The van der Waals surface area contributed by atoms with Crippen molar-refractivity contribution < 1.29 is 9.59 Å². The highest BCUT2D eigenvalue weighted by Crippen LogP contribution is 2.29. The second-order valence-corrected chi connectivity index (χ2v) is 8.14. The van der Waals surface area contributed by atoms with Gasteiger partial charge in [0.1, 0.15) is 0 Å². The molecule has 0 saturated carbocycles. The van der Waals surface area contributed by atoms with Crippen LogP contribution in [0.3, 0.4) is 0 Å². The first-order valence-corrected chi connectivity index (χ1v) is 9.34. The van der Waals surface area contributed by atoms with Crippen molar-refractivity contribution in [1.82, 2.24) is 15.1 Å². The molecule has 0 aromatic carbocycles. The zero-order chi connectivity index (χ0) is 17.1. The van der Waals surface area contributed by atoms with E-state index in [0.29, 0.717) is 11.8 Å². The van der Waals surface area contributed by atoms with Gasteiger partial charge in [0.15, 0.2) is 17.4 Å². The Balaban J connectivity index is 2.14. The number of urea groups is 1. The lowest BCUT2D eigenvalue weighted by molar-refractivity contribution is -0.127. The molecule has 0 radical (unpaired) electrons. The van der Waals surface area contributed by atoms with Crippen LogP contribution in [0.4, 0.5) is 4.79 Å². The second kappa shape index (κ2) is 7.55. The Bertz CT molecular complexity index is 492. The van der Waals surface area contributed by atoms with Gasteiger partial charge in [-0.15, -0.1) is 0 Å². The lowest BCUT2D eigenvalue weighted by atomic mass is 10.1. The van der Waals surface area contributed by atoms with Gasteiger partial charge in [-0.2, -0.15) is 0 Å². The molecule has 1 saturated heterocycles. The molecule has 0 aliphatic carbocycles. The normalized spacial score (nSPS) is 24.4. The van der Waals surface area contributed by atoms with Crippen LogP contribution in [0.15, 0.2) is 4.99 Å². The zero-order valence-electron chi connectivity index (χ0n) is 14.7. The summed E-state index contributed by atoms with van der Waals surface area (Å²) in [6, 6.07) is -0.754. The number of nitrogens with zero attached hydrogens (tertiary/aromatic N) is 3. The molecule has 2 heterocycles. The quantitative estimate of drug-likeness (QED) is 0.806. The number of carbonyl (C=O) groups is 2. The molecule has 2 rings (SSSR count). The molecule has 0 aromatic heterocycles.